The van der Waals surface area contributed by atoms with Crippen LogP contribution in [0.15, 0.2) is 76.4 Å². The average Bonchev–Trinajstić information content (AvgIpc) is 3.55. The number of nitrogens with zero attached hydrogens (tertiary/aromatic N) is 2. The van der Waals surface area contributed by atoms with Crippen LogP contribution in [0.1, 0.15) is 30.5 Å². The Morgan fingerprint density at radius 2 is 1.79 bits per heavy atom. The van der Waals surface area contributed by atoms with E-state index in [2.05, 4.69) is 4.98 Å². The number of carbonyl (C=O) groups is 1. The number of halogens is 4. The van der Waals surface area contributed by atoms with Crippen LogP contribution in [0.25, 0.3) is 22.1 Å². The molecule has 0 amide bonds. The SMILES string of the molecule is O=C(CCc1cc(-c2ccc(C(F)(F)F)cc2)ccn1)[C@@H]1CCCN1S(=O)(=O)c1cc2cc(F)ccc2o1. The molecule has 2 aromatic heterocycles. The van der Waals surface area contributed by atoms with Crippen LogP contribution in [0.2, 0.25) is 0 Å². The van der Waals surface area contributed by atoms with Crippen molar-refractivity contribution in [3.8, 4) is 11.1 Å². The molecule has 11 heteroatoms. The Bertz CT molecular complexity index is 1600. The van der Waals surface area contributed by atoms with Gasteiger partial charge in [-0.1, -0.05) is 12.1 Å². The fourth-order valence-electron chi connectivity index (χ4n) is 4.65. The van der Waals surface area contributed by atoms with Crippen LogP contribution in [0, 0.1) is 5.82 Å². The van der Waals surface area contributed by atoms with Crippen molar-refractivity contribution in [1.82, 2.24) is 9.29 Å². The van der Waals surface area contributed by atoms with Gasteiger partial charge in [0, 0.05) is 36.3 Å². The molecule has 0 unspecified atom stereocenters. The summed E-state index contributed by atoms with van der Waals surface area (Å²) in [5.74, 6) is -0.789. The summed E-state index contributed by atoms with van der Waals surface area (Å²) in [5.41, 5.74) is 1.27. The molecule has 0 aliphatic carbocycles. The van der Waals surface area contributed by atoms with Crippen LogP contribution < -0.4 is 0 Å². The largest absolute Gasteiger partial charge is 0.443 e. The van der Waals surface area contributed by atoms with Crippen molar-refractivity contribution in [3.63, 3.8) is 0 Å². The molecule has 0 bridgehead atoms. The zero-order valence-electron chi connectivity index (χ0n) is 19.9. The smallest absolute Gasteiger partial charge is 0.416 e. The first-order valence-electron chi connectivity index (χ1n) is 11.9. The van der Waals surface area contributed by atoms with E-state index in [-0.39, 0.29) is 35.8 Å². The summed E-state index contributed by atoms with van der Waals surface area (Å²) in [4.78, 5) is 17.3. The number of benzene rings is 2. The predicted octanol–water partition coefficient (Wildman–Crippen LogP) is 6.01. The van der Waals surface area contributed by atoms with Crippen LogP contribution in [0.4, 0.5) is 17.6 Å². The number of aromatic nitrogens is 1. The number of fused-ring (bicyclic) bond motifs is 1. The van der Waals surface area contributed by atoms with Crippen LogP contribution in [-0.2, 0) is 27.4 Å². The van der Waals surface area contributed by atoms with Gasteiger partial charge in [0.2, 0.25) is 5.09 Å². The highest BCUT2D eigenvalue weighted by Crippen LogP contribution is 2.32. The maximum atomic E-state index is 13.5. The minimum Gasteiger partial charge on any atom is -0.443 e. The van der Waals surface area contributed by atoms with E-state index in [1.807, 2.05) is 0 Å². The fourth-order valence-corrected chi connectivity index (χ4v) is 6.28. The first-order valence-corrected chi connectivity index (χ1v) is 13.3. The molecular formula is C27H22F4N2O4S. The maximum absolute atomic E-state index is 13.5. The topological polar surface area (TPSA) is 80.5 Å². The van der Waals surface area contributed by atoms with Crippen molar-refractivity contribution in [2.75, 3.05) is 6.54 Å². The third-order valence-electron chi connectivity index (χ3n) is 6.58. The van der Waals surface area contributed by atoms with Crippen molar-refractivity contribution in [2.24, 2.45) is 0 Å². The Morgan fingerprint density at radius 3 is 2.53 bits per heavy atom. The van der Waals surface area contributed by atoms with E-state index in [1.54, 1.807) is 12.1 Å². The van der Waals surface area contributed by atoms with Gasteiger partial charge in [-0.2, -0.15) is 17.5 Å². The van der Waals surface area contributed by atoms with Crippen molar-refractivity contribution >= 4 is 26.8 Å². The van der Waals surface area contributed by atoms with Gasteiger partial charge in [0.1, 0.15) is 11.4 Å². The molecule has 1 aliphatic heterocycles. The zero-order chi connectivity index (χ0) is 27.1. The first kappa shape index (κ1) is 26.1. The number of hydrogen-bond acceptors (Lipinski definition) is 5. The summed E-state index contributed by atoms with van der Waals surface area (Å²) >= 11 is 0. The maximum Gasteiger partial charge on any atom is 0.416 e. The molecule has 2 aromatic carbocycles. The second-order valence-electron chi connectivity index (χ2n) is 9.10. The first-order chi connectivity index (χ1) is 18.0. The lowest BCUT2D eigenvalue weighted by atomic mass is 10.0. The van der Waals surface area contributed by atoms with Gasteiger partial charge in [0.15, 0.2) is 5.78 Å². The molecule has 38 heavy (non-hydrogen) atoms. The van der Waals surface area contributed by atoms with E-state index in [9.17, 15) is 30.8 Å². The molecule has 0 saturated carbocycles. The van der Waals surface area contributed by atoms with Gasteiger partial charge < -0.3 is 4.42 Å². The van der Waals surface area contributed by atoms with Gasteiger partial charge in [-0.25, -0.2) is 12.8 Å². The third kappa shape index (κ3) is 5.21. The number of sulfonamides is 1. The van der Waals surface area contributed by atoms with E-state index in [4.69, 9.17) is 4.42 Å². The number of alkyl halides is 3. The number of ketones is 1. The molecule has 1 fully saturated rings. The molecule has 1 aliphatic rings. The normalized spacial score (nSPS) is 16.8. The standard InChI is InChI=1S/C27H22F4N2O4S/c28-21-7-10-25-19(14-21)16-26(37-25)38(35,36)33-13-1-2-23(33)24(34)9-8-22-15-18(11-12-32-22)17-3-5-20(6-4-17)27(29,30)31/h3-7,10-12,14-16,23H,1-2,8-9,13H2/t23-/m0/s1. The van der Waals surface area contributed by atoms with Crippen molar-refractivity contribution in [2.45, 2.75) is 43.0 Å². The molecule has 0 radical (unpaired) electrons. The number of carbonyl (C=O) groups excluding carboxylic acids is 1. The number of Topliss-reactive ketones (excluding diaryl/α,β-unsaturated/α-hetero) is 1. The van der Waals surface area contributed by atoms with Crippen LogP contribution in [0.3, 0.4) is 0 Å². The van der Waals surface area contributed by atoms with Gasteiger partial charge in [0.25, 0.3) is 10.0 Å². The Hall–Kier alpha value is -3.57. The lowest BCUT2D eigenvalue weighted by Crippen LogP contribution is -2.40. The highest BCUT2D eigenvalue weighted by molar-refractivity contribution is 7.89. The second-order valence-corrected chi connectivity index (χ2v) is 10.9. The van der Waals surface area contributed by atoms with E-state index in [1.165, 1.54) is 42.6 Å². The highest BCUT2D eigenvalue weighted by atomic mass is 32.2. The molecule has 5 rings (SSSR count). The number of furan rings is 1. The van der Waals surface area contributed by atoms with Gasteiger partial charge in [0.05, 0.1) is 11.6 Å². The molecular weight excluding hydrogens is 524 g/mol. The Balaban J connectivity index is 1.28. The number of hydrogen-bond donors (Lipinski definition) is 0. The lowest BCUT2D eigenvalue weighted by molar-refractivity contribution is -0.137. The van der Waals surface area contributed by atoms with Gasteiger partial charge in [-0.3, -0.25) is 9.78 Å². The lowest BCUT2D eigenvalue weighted by Gasteiger charge is -2.21. The molecule has 0 N–H and O–H groups in total. The highest BCUT2D eigenvalue weighted by Gasteiger charge is 2.40. The van der Waals surface area contributed by atoms with E-state index >= 15 is 0 Å². The van der Waals surface area contributed by atoms with Gasteiger partial charge >= 0.3 is 6.18 Å². The second kappa shape index (κ2) is 9.95. The van der Waals surface area contributed by atoms with Crippen molar-refractivity contribution in [3.05, 3.63) is 83.9 Å². The molecule has 3 heterocycles. The van der Waals surface area contributed by atoms with Crippen LogP contribution >= 0.6 is 0 Å². The quantitative estimate of drug-likeness (QED) is 0.265. The van der Waals surface area contributed by atoms with Crippen molar-refractivity contribution < 1.29 is 35.2 Å². The van der Waals surface area contributed by atoms with Crippen LogP contribution in [0.5, 0.6) is 0 Å². The van der Waals surface area contributed by atoms with E-state index in [0.717, 1.165) is 16.4 Å². The third-order valence-corrected chi connectivity index (χ3v) is 8.35. The van der Waals surface area contributed by atoms with Crippen molar-refractivity contribution in [1.29, 1.82) is 0 Å². The number of pyridine rings is 1. The summed E-state index contributed by atoms with van der Waals surface area (Å²) in [6, 6.07) is 12.2. The Morgan fingerprint density at radius 1 is 1.03 bits per heavy atom. The predicted molar refractivity (Wildman–Crippen MR) is 131 cm³/mol. The van der Waals surface area contributed by atoms with Gasteiger partial charge in [-0.05, 0) is 72.9 Å². The molecule has 6 nitrogen and oxygen atoms in total. The molecule has 4 aromatic rings. The minimum absolute atomic E-state index is 0.0332. The summed E-state index contributed by atoms with van der Waals surface area (Å²) < 4.78 is 85.2. The molecule has 1 atom stereocenters. The summed E-state index contributed by atoms with van der Waals surface area (Å²) in [6.45, 7) is 0.159. The summed E-state index contributed by atoms with van der Waals surface area (Å²) in [6.07, 6.45) is -1.76. The Labute approximate surface area is 215 Å². The number of rotatable bonds is 7. The summed E-state index contributed by atoms with van der Waals surface area (Å²) in [5, 5.41) is -0.0339. The Kier molecular flexibility index (Phi) is 6.83. The van der Waals surface area contributed by atoms with Crippen LogP contribution in [-0.4, -0.2) is 36.1 Å². The molecule has 1 saturated heterocycles. The average molecular weight is 547 g/mol. The number of aryl methyl sites for hydroxylation is 1. The monoisotopic (exact) mass is 546 g/mol. The minimum atomic E-state index is -4.42. The fraction of sp³-hybridized carbons (Fsp3) is 0.259. The summed E-state index contributed by atoms with van der Waals surface area (Å²) in [7, 11) is -4.12. The van der Waals surface area contributed by atoms with Gasteiger partial charge in [-0.15, -0.1) is 0 Å². The molecule has 198 valence electrons. The van der Waals surface area contributed by atoms with E-state index in [0.29, 0.717) is 35.0 Å². The molecule has 0 spiro atoms. The zero-order valence-corrected chi connectivity index (χ0v) is 20.7. The van der Waals surface area contributed by atoms with E-state index < -0.39 is 33.6 Å².